The van der Waals surface area contributed by atoms with Crippen LogP contribution in [0.3, 0.4) is 0 Å². The molecular formula is C13H13N5OS. The summed E-state index contributed by atoms with van der Waals surface area (Å²) in [6, 6.07) is 7.73. The Hall–Kier alpha value is -2.25. The van der Waals surface area contributed by atoms with Crippen LogP contribution in [0, 0.1) is 0 Å². The molecular weight excluding hydrogens is 274 g/mol. The maximum Gasteiger partial charge on any atom is 0.212 e. The molecule has 2 N–H and O–H groups in total. The van der Waals surface area contributed by atoms with E-state index in [9.17, 15) is 0 Å². The van der Waals surface area contributed by atoms with Crippen LogP contribution in [0.5, 0.6) is 5.75 Å². The van der Waals surface area contributed by atoms with Gasteiger partial charge >= 0.3 is 0 Å². The molecule has 7 heteroatoms. The molecule has 0 unspecified atom stereocenters. The van der Waals surface area contributed by atoms with Gasteiger partial charge in [-0.1, -0.05) is 17.3 Å². The first-order chi connectivity index (χ1) is 9.83. The van der Waals surface area contributed by atoms with Gasteiger partial charge in [-0.25, -0.2) is 4.98 Å². The Bertz CT molecular complexity index is 707. The lowest BCUT2D eigenvalue weighted by Gasteiger charge is -2.07. The molecule has 2 aromatic heterocycles. The van der Waals surface area contributed by atoms with E-state index in [0.29, 0.717) is 6.54 Å². The third-order valence-electron chi connectivity index (χ3n) is 2.88. The minimum absolute atomic E-state index is 0.317. The van der Waals surface area contributed by atoms with E-state index in [-0.39, 0.29) is 0 Å². The highest BCUT2D eigenvalue weighted by Gasteiger charge is 2.17. The van der Waals surface area contributed by atoms with Gasteiger partial charge in [-0.2, -0.15) is 4.68 Å². The van der Waals surface area contributed by atoms with Crippen molar-refractivity contribution in [3.05, 3.63) is 41.5 Å². The van der Waals surface area contributed by atoms with Crippen LogP contribution < -0.4 is 10.5 Å². The Morgan fingerprint density at radius 1 is 1.40 bits per heavy atom. The SMILES string of the molecule is COc1cccc(-c2c(CN)nnn2-c2nccs2)c1. The average molecular weight is 287 g/mol. The number of nitrogens with two attached hydrogens (primary N) is 1. The van der Waals surface area contributed by atoms with E-state index in [2.05, 4.69) is 15.3 Å². The number of ether oxygens (including phenoxy) is 1. The van der Waals surface area contributed by atoms with Crippen LogP contribution in [0.4, 0.5) is 0 Å². The maximum atomic E-state index is 5.76. The second-order valence-corrected chi connectivity index (χ2v) is 4.92. The summed E-state index contributed by atoms with van der Waals surface area (Å²) in [7, 11) is 1.64. The van der Waals surface area contributed by atoms with E-state index in [1.165, 1.54) is 11.3 Å². The molecule has 0 radical (unpaired) electrons. The van der Waals surface area contributed by atoms with Crippen LogP contribution >= 0.6 is 11.3 Å². The highest BCUT2D eigenvalue weighted by atomic mass is 32.1. The molecule has 3 aromatic rings. The van der Waals surface area contributed by atoms with Crippen LogP contribution in [-0.4, -0.2) is 27.1 Å². The Morgan fingerprint density at radius 2 is 2.30 bits per heavy atom. The highest BCUT2D eigenvalue weighted by Crippen LogP contribution is 2.28. The molecule has 0 amide bonds. The molecule has 0 aliphatic rings. The van der Waals surface area contributed by atoms with Crippen molar-refractivity contribution in [2.75, 3.05) is 7.11 Å². The highest BCUT2D eigenvalue weighted by molar-refractivity contribution is 7.12. The lowest BCUT2D eigenvalue weighted by Crippen LogP contribution is -2.02. The molecule has 0 bridgehead atoms. The van der Waals surface area contributed by atoms with Crippen molar-refractivity contribution in [3.63, 3.8) is 0 Å². The van der Waals surface area contributed by atoms with Gasteiger partial charge in [0.05, 0.1) is 7.11 Å². The number of aromatic nitrogens is 4. The van der Waals surface area contributed by atoms with Crippen molar-refractivity contribution >= 4 is 11.3 Å². The van der Waals surface area contributed by atoms with Gasteiger partial charge in [-0.05, 0) is 12.1 Å². The number of thiazole rings is 1. The first kappa shape index (κ1) is 12.8. The third-order valence-corrected chi connectivity index (χ3v) is 3.62. The van der Waals surface area contributed by atoms with Crippen molar-refractivity contribution in [1.82, 2.24) is 20.0 Å². The summed E-state index contributed by atoms with van der Waals surface area (Å²) in [4.78, 5) is 4.27. The van der Waals surface area contributed by atoms with E-state index in [1.54, 1.807) is 18.0 Å². The second kappa shape index (κ2) is 5.40. The molecule has 6 nitrogen and oxygen atoms in total. The minimum Gasteiger partial charge on any atom is -0.497 e. The number of benzene rings is 1. The predicted molar refractivity (Wildman–Crippen MR) is 76.9 cm³/mol. The molecule has 0 fully saturated rings. The minimum atomic E-state index is 0.317. The summed E-state index contributed by atoms with van der Waals surface area (Å²) in [5.74, 6) is 0.775. The Morgan fingerprint density at radius 3 is 3.00 bits per heavy atom. The zero-order valence-corrected chi connectivity index (χ0v) is 11.7. The number of hydrogen-bond acceptors (Lipinski definition) is 6. The number of rotatable bonds is 4. The van der Waals surface area contributed by atoms with Crippen molar-refractivity contribution < 1.29 is 4.74 Å². The second-order valence-electron chi connectivity index (χ2n) is 4.05. The van der Waals surface area contributed by atoms with E-state index in [4.69, 9.17) is 10.5 Å². The monoisotopic (exact) mass is 287 g/mol. The van der Waals surface area contributed by atoms with Crippen molar-refractivity contribution in [3.8, 4) is 22.1 Å². The van der Waals surface area contributed by atoms with E-state index in [0.717, 1.165) is 27.8 Å². The van der Waals surface area contributed by atoms with Crippen LogP contribution in [0.25, 0.3) is 16.4 Å². The summed E-state index contributed by atoms with van der Waals surface area (Å²) in [5, 5.41) is 10.9. The normalized spacial score (nSPS) is 10.7. The number of hydrogen-bond donors (Lipinski definition) is 1. The Balaban J connectivity index is 2.18. The van der Waals surface area contributed by atoms with Crippen molar-refractivity contribution in [2.24, 2.45) is 5.73 Å². The molecule has 0 saturated heterocycles. The fraction of sp³-hybridized carbons (Fsp3) is 0.154. The maximum absolute atomic E-state index is 5.76. The first-order valence-corrected chi connectivity index (χ1v) is 6.90. The van der Waals surface area contributed by atoms with Gasteiger partial charge in [-0.3, -0.25) is 0 Å². The quantitative estimate of drug-likeness (QED) is 0.792. The van der Waals surface area contributed by atoms with Gasteiger partial charge in [0.25, 0.3) is 0 Å². The lowest BCUT2D eigenvalue weighted by atomic mass is 10.1. The molecule has 1 aromatic carbocycles. The average Bonchev–Trinajstić information content (AvgIpc) is 3.15. The standard InChI is InChI=1S/C13H13N5OS/c1-19-10-4-2-3-9(7-10)12-11(8-14)16-17-18(12)13-15-5-6-20-13/h2-7H,8,14H2,1H3. The van der Waals surface area contributed by atoms with Gasteiger partial charge in [0.1, 0.15) is 17.1 Å². The van der Waals surface area contributed by atoms with Crippen LogP contribution in [0.15, 0.2) is 35.8 Å². The van der Waals surface area contributed by atoms with Gasteiger partial charge in [0.2, 0.25) is 5.13 Å². The third kappa shape index (κ3) is 2.17. The molecule has 0 aliphatic heterocycles. The predicted octanol–water partition coefficient (Wildman–Crippen LogP) is 1.86. The number of nitrogens with zero attached hydrogens (tertiary/aromatic N) is 4. The molecule has 0 atom stereocenters. The summed E-state index contributed by atoms with van der Waals surface area (Å²) in [6.45, 7) is 0.317. The van der Waals surface area contributed by atoms with E-state index < -0.39 is 0 Å². The fourth-order valence-electron chi connectivity index (χ4n) is 1.96. The van der Waals surface area contributed by atoms with Crippen LogP contribution in [0.2, 0.25) is 0 Å². The summed E-state index contributed by atoms with van der Waals surface area (Å²) < 4.78 is 6.97. The first-order valence-electron chi connectivity index (χ1n) is 6.02. The molecule has 3 rings (SSSR count). The van der Waals surface area contributed by atoms with Gasteiger partial charge in [0.15, 0.2) is 0 Å². The Labute approximate surface area is 119 Å². The zero-order valence-electron chi connectivity index (χ0n) is 10.9. The summed E-state index contributed by atoms with van der Waals surface area (Å²) in [6.07, 6.45) is 1.74. The molecule has 0 spiro atoms. The topological polar surface area (TPSA) is 78.9 Å². The van der Waals surface area contributed by atoms with E-state index in [1.807, 2.05) is 29.6 Å². The lowest BCUT2D eigenvalue weighted by molar-refractivity contribution is 0.415. The molecule has 0 aliphatic carbocycles. The largest absolute Gasteiger partial charge is 0.497 e. The summed E-state index contributed by atoms with van der Waals surface area (Å²) in [5.41, 5.74) is 8.29. The Kier molecular flexibility index (Phi) is 3.44. The van der Waals surface area contributed by atoms with E-state index >= 15 is 0 Å². The van der Waals surface area contributed by atoms with Crippen molar-refractivity contribution in [1.29, 1.82) is 0 Å². The van der Waals surface area contributed by atoms with Gasteiger partial charge in [-0.15, -0.1) is 16.4 Å². The zero-order chi connectivity index (χ0) is 13.9. The smallest absolute Gasteiger partial charge is 0.212 e. The molecule has 2 heterocycles. The fourth-order valence-corrected chi connectivity index (χ4v) is 2.56. The molecule has 102 valence electrons. The number of methoxy groups -OCH3 is 1. The van der Waals surface area contributed by atoms with Crippen LogP contribution in [-0.2, 0) is 6.54 Å². The van der Waals surface area contributed by atoms with Gasteiger partial charge < -0.3 is 10.5 Å². The molecule has 0 saturated carbocycles. The van der Waals surface area contributed by atoms with Gasteiger partial charge in [0, 0.05) is 23.7 Å². The summed E-state index contributed by atoms with van der Waals surface area (Å²) >= 11 is 1.50. The van der Waals surface area contributed by atoms with Crippen LogP contribution in [0.1, 0.15) is 5.69 Å². The van der Waals surface area contributed by atoms with Crippen molar-refractivity contribution in [2.45, 2.75) is 6.54 Å². The molecule has 20 heavy (non-hydrogen) atoms.